The Bertz CT molecular complexity index is 70.0. The second kappa shape index (κ2) is 3.48. The first kappa shape index (κ1) is 7.48. The summed E-state index contributed by atoms with van der Waals surface area (Å²) in [6, 6.07) is 0. The van der Waals surface area contributed by atoms with Gasteiger partial charge in [0, 0.05) is 0 Å². The Morgan fingerprint density at radius 2 is 1.25 bits per heavy atom. The molecule has 0 aliphatic carbocycles. The van der Waals surface area contributed by atoms with Gasteiger partial charge in [-0.2, -0.15) is 0 Å². The van der Waals surface area contributed by atoms with Gasteiger partial charge >= 0.3 is 0 Å². The molecule has 0 aromatic heterocycles. The summed E-state index contributed by atoms with van der Waals surface area (Å²) in [5, 5.41) is 0. The molecule has 0 spiro atoms. The van der Waals surface area contributed by atoms with Gasteiger partial charge in [0.25, 0.3) is 0 Å². The van der Waals surface area contributed by atoms with Crippen LogP contribution in [0.15, 0.2) is 12.2 Å². The fraction of sp³-hybridized carbons (Fsp3) is 0.500. The van der Waals surface area contributed by atoms with E-state index in [-0.39, 0.29) is 0 Å². The maximum atomic E-state index is 5.25. The van der Waals surface area contributed by atoms with E-state index in [1.165, 1.54) is 0 Å². The van der Waals surface area contributed by atoms with Crippen LogP contribution in [0.5, 0.6) is 0 Å². The van der Waals surface area contributed by atoms with E-state index in [9.17, 15) is 0 Å². The number of hydrogen-bond acceptors (Lipinski definition) is 0. The molecule has 2 unspecified atom stereocenters. The van der Waals surface area contributed by atoms with E-state index in [4.69, 9.17) is 13.2 Å². The molecule has 2 atom stereocenters. The van der Waals surface area contributed by atoms with Crippen molar-refractivity contribution in [1.82, 2.24) is 0 Å². The largest absolute Gasteiger partial charge is 0.0811 e. The van der Waals surface area contributed by atoms with Gasteiger partial charge < -0.3 is 0 Å². The molecular weight excluding hydrogens is 96.1 g/mol. The molecule has 0 nitrogen and oxygen atoms in total. The summed E-state index contributed by atoms with van der Waals surface area (Å²) in [5.41, 5.74) is 0. The second-order valence-electron chi connectivity index (χ2n) is 2.10. The van der Waals surface area contributed by atoms with E-state index >= 15 is 0 Å². The van der Waals surface area contributed by atoms with Gasteiger partial charge in [-0.3, -0.25) is 0 Å². The van der Waals surface area contributed by atoms with Crippen molar-refractivity contribution in [3.63, 3.8) is 0 Å². The van der Waals surface area contributed by atoms with Gasteiger partial charge in [-0.25, -0.2) is 0 Å². The molecule has 0 saturated carbocycles. The van der Waals surface area contributed by atoms with Crippen molar-refractivity contribution in [3.05, 3.63) is 25.3 Å². The van der Waals surface area contributed by atoms with Crippen LogP contribution in [0.3, 0.4) is 0 Å². The van der Waals surface area contributed by atoms with E-state index in [1.54, 1.807) is 12.2 Å². The molecule has 0 fully saturated rings. The van der Waals surface area contributed by atoms with Crippen molar-refractivity contribution in [2.24, 2.45) is 11.8 Å². The highest BCUT2D eigenvalue weighted by Crippen LogP contribution is 2.10. The van der Waals surface area contributed by atoms with E-state index < -0.39 is 0 Å². The fourth-order valence-corrected chi connectivity index (χ4v) is 0.351. The van der Waals surface area contributed by atoms with Gasteiger partial charge in [-0.05, 0) is 11.8 Å². The number of rotatable bonds is 3. The van der Waals surface area contributed by atoms with E-state index in [0.29, 0.717) is 11.8 Å². The van der Waals surface area contributed by atoms with Gasteiger partial charge in [-0.15, -0.1) is 0 Å². The monoisotopic (exact) mass is 108 g/mol. The molecule has 0 bridgehead atoms. The Labute approximate surface area is 51.9 Å². The van der Waals surface area contributed by atoms with Crippen molar-refractivity contribution >= 4 is 0 Å². The lowest BCUT2D eigenvalue weighted by atomic mass is 9.97. The summed E-state index contributed by atoms with van der Waals surface area (Å²) in [6.07, 6.45) is 3.32. The maximum Gasteiger partial charge on any atom is -0.0198 e. The minimum absolute atomic E-state index is 0.389. The van der Waals surface area contributed by atoms with Crippen LogP contribution in [0.25, 0.3) is 0 Å². The highest BCUT2D eigenvalue weighted by atomic mass is 14.1. The van der Waals surface area contributed by atoms with Gasteiger partial charge in [0.15, 0.2) is 0 Å². The van der Waals surface area contributed by atoms with Crippen molar-refractivity contribution < 1.29 is 0 Å². The van der Waals surface area contributed by atoms with Crippen molar-refractivity contribution in [2.45, 2.75) is 13.8 Å². The molecule has 44 valence electrons. The third-order valence-corrected chi connectivity index (χ3v) is 1.44. The van der Waals surface area contributed by atoms with Gasteiger partial charge in [-0.1, -0.05) is 39.2 Å². The molecule has 0 rings (SSSR count). The predicted molar refractivity (Wildman–Crippen MR) is 36.1 cm³/mol. The van der Waals surface area contributed by atoms with Crippen molar-refractivity contribution in [1.29, 1.82) is 0 Å². The molecule has 0 amide bonds. The van der Waals surface area contributed by atoms with Crippen LogP contribution in [0, 0.1) is 25.0 Å². The summed E-state index contributed by atoms with van der Waals surface area (Å²) in [6.45, 7) is 14.6. The van der Waals surface area contributed by atoms with Gasteiger partial charge in [0.05, 0.1) is 0 Å². The lowest BCUT2D eigenvalue weighted by molar-refractivity contribution is 0.559. The molecule has 0 aromatic rings. The smallest absolute Gasteiger partial charge is 0.0198 e. The first-order valence-electron chi connectivity index (χ1n) is 2.82. The van der Waals surface area contributed by atoms with Crippen LogP contribution < -0.4 is 0 Å². The number of hydrogen-bond donors (Lipinski definition) is 0. The van der Waals surface area contributed by atoms with Crippen LogP contribution in [-0.2, 0) is 0 Å². The topological polar surface area (TPSA) is 0 Å². The highest BCUT2D eigenvalue weighted by molar-refractivity contribution is 4.85. The fourth-order valence-electron chi connectivity index (χ4n) is 0.351. The van der Waals surface area contributed by atoms with Crippen LogP contribution in [-0.4, -0.2) is 0 Å². The third kappa shape index (κ3) is 1.97. The molecule has 0 aromatic carbocycles. The first-order valence-corrected chi connectivity index (χ1v) is 2.82. The summed E-state index contributed by atoms with van der Waals surface area (Å²) in [4.78, 5) is 0. The minimum Gasteiger partial charge on any atom is -0.0811 e. The Balaban J connectivity index is 3.60. The molecule has 0 N–H and O–H groups in total. The summed E-state index contributed by atoms with van der Waals surface area (Å²) >= 11 is 0. The predicted octanol–water partition coefficient (Wildman–Crippen LogP) is 2.24. The Hall–Kier alpha value is -0.520. The average molecular weight is 108 g/mol. The maximum absolute atomic E-state index is 5.25. The second-order valence-corrected chi connectivity index (χ2v) is 2.10. The Morgan fingerprint density at radius 3 is 1.38 bits per heavy atom. The average Bonchev–Trinajstić information content (AvgIpc) is 1.84. The third-order valence-electron chi connectivity index (χ3n) is 1.44. The Morgan fingerprint density at radius 1 is 1.00 bits per heavy atom. The standard InChI is InChI=1S/C8H12/c1-5-7(3)8(4)6-2/h1-2,5-8H,3-4H3. The van der Waals surface area contributed by atoms with Crippen molar-refractivity contribution in [2.75, 3.05) is 0 Å². The molecule has 0 saturated heterocycles. The minimum atomic E-state index is 0.389. The molecule has 8 heavy (non-hydrogen) atoms. The van der Waals surface area contributed by atoms with E-state index in [1.807, 2.05) is 13.8 Å². The van der Waals surface area contributed by atoms with Crippen LogP contribution in [0.2, 0.25) is 0 Å². The molecule has 0 aliphatic rings. The van der Waals surface area contributed by atoms with Crippen LogP contribution in [0.1, 0.15) is 13.8 Å². The first-order chi connectivity index (χ1) is 3.72. The molecule has 0 heteroatoms. The quantitative estimate of drug-likeness (QED) is 0.520. The number of allylic oxidation sites excluding steroid dienone is 2. The van der Waals surface area contributed by atoms with Crippen LogP contribution >= 0.6 is 0 Å². The zero-order chi connectivity index (χ0) is 6.57. The SMILES string of the molecule is [CH]=CC(C)C(C)C=[CH]. The van der Waals surface area contributed by atoms with Gasteiger partial charge in [0.1, 0.15) is 0 Å². The lowest BCUT2D eigenvalue weighted by Gasteiger charge is -2.08. The van der Waals surface area contributed by atoms with Crippen LogP contribution in [0.4, 0.5) is 0 Å². The Kier molecular flexibility index (Phi) is 3.25. The normalized spacial score (nSPS) is 16.8. The van der Waals surface area contributed by atoms with E-state index in [2.05, 4.69) is 0 Å². The zero-order valence-corrected chi connectivity index (χ0v) is 5.46. The van der Waals surface area contributed by atoms with E-state index in [0.717, 1.165) is 0 Å². The summed E-state index contributed by atoms with van der Waals surface area (Å²) in [7, 11) is 0. The van der Waals surface area contributed by atoms with Crippen molar-refractivity contribution in [3.8, 4) is 0 Å². The highest BCUT2D eigenvalue weighted by Gasteiger charge is 2.01. The summed E-state index contributed by atoms with van der Waals surface area (Å²) in [5.74, 6) is 0.778. The molecule has 0 heterocycles. The zero-order valence-electron chi connectivity index (χ0n) is 5.46. The molecular formula is C8H12. The lowest BCUT2D eigenvalue weighted by Crippen LogP contribution is -1.99. The van der Waals surface area contributed by atoms with Gasteiger partial charge in [0.2, 0.25) is 0 Å². The summed E-state index contributed by atoms with van der Waals surface area (Å²) < 4.78 is 0. The molecule has 0 aliphatic heterocycles. The molecule has 2 radical (unpaired) electrons.